The Hall–Kier alpha value is -0.610. The van der Waals surface area contributed by atoms with Crippen molar-refractivity contribution in [1.29, 1.82) is 0 Å². The van der Waals surface area contributed by atoms with Gasteiger partial charge in [0.05, 0.1) is 12.0 Å². The van der Waals surface area contributed by atoms with E-state index < -0.39 is 0 Å². The van der Waals surface area contributed by atoms with Crippen LogP contribution in [0, 0.1) is 11.8 Å². The molecule has 1 amide bonds. The molecule has 2 fully saturated rings. The van der Waals surface area contributed by atoms with E-state index in [1.807, 2.05) is 6.92 Å². The van der Waals surface area contributed by atoms with Crippen LogP contribution in [-0.4, -0.2) is 38.3 Å². The summed E-state index contributed by atoms with van der Waals surface area (Å²) in [5.41, 5.74) is 0. The second kappa shape index (κ2) is 4.94. The van der Waals surface area contributed by atoms with Crippen LogP contribution in [-0.2, 0) is 9.53 Å². The lowest BCUT2D eigenvalue weighted by atomic mass is 10.0. The highest BCUT2D eigenvalue weighted by Gasteiger charge is 2.30. The topological polar surface area (TPSA) is 50.4 Å². The molecule has 0 aromatic rings. The van der Waals surface area contributed by atoms with Crippen LogP contribution in [0.25, 0.3) is 0 Å². The molecular weight excluding hydrogens is 192 g/mol. The van der Waals surface area contributed by atoms with Crippen molar-refractivity contribution >= 4 is 5.91 Å². The lowest BCUT2D eigenvalue weighted by molar-refractivity contribution is -0.126. The minimum atomic E-state index is 0.0689. The molecule has 4 heteroatoms. The summed E-state index contributed by atoms with van der Waals surface area (Å²) in [6.45, 7) is 5.65. The van der Waals surface area contributed by atoms with Gasteiger partial charge in [-0.05, 0) is 38.8 Å². The zero-order valence-electron chi connectivity index (χ0n) is 9.29. The van der Waals surface area contributed by atoms with Crippen molar-refractivity contribution in [3.8, 4) is 0 Å². The summed E-state index contributed by atoms with van der Waals surface area (Å²) in [6.07, 6.45) is 2.14. The first-order valence-electron chi connectivity index (χ1n) is 5.87. The Morgan fingerprint density at radius 2 is 2.40 bits per heavy atom. The highest BCUT2D eigenvalue weighted by atomic mass is 16.5. The maximum Gasteiger partial charge on any atom is 0.225 e. The molecule has 2 saturated heterocycles. The monoisotopic (exact) mass is 212 g/mol. The molecule has 2 aliphatic rings. The van der Waals surface area contributed by atoms with E-state index in [0.29, 0.717) is 5.92 Å². The first-order chi connectivity index (χ1) is 7.27. The maximum atomic E-state index is 11.8. The molecule has 0 aromatic carbocycles. The molecule has 0 bridgehead atoms. The molecule has 4 nitrogen and oxygen atoms in total. The fourth-order valence-electron chi connectivity index (χ4n) is 2.34. The third kappa shape index (κ3) is 2.69. The lowest BCUT2D eigenvalue weighted by Crippen LogP contribution is -2.37. The molecule has 15 heavy (non-hydrogen) atoms. The van der Waals surface area contributed by atoms with E-state index in [4.69, 9.17) is 4.74 Å². The van der Waals surface area contributed by atoms with E-state index in [2.05, 4.69) is 10.6 Å². The van der Waals surface area contributed by atoms with E-state index in [-0.39, 0.29) is 17.9 Å². The van der Waals surface area contributed by atoms with Crippen molar-refractivity contribution in [2.75, 3.05) is 26.2 Å². The van der Waals surface area contributed by atoms with Gasteiger partial charge in [0.25, 0.3) is 0 Å². The Labute approximate surface area is 90.8 Å². The summed E-state index contributed by atoms with van der Waals surface area (Å²) >= 11 is 0. The third-order valence-electron chi connectivity index (χ3n) is 3.44. The smallest absolute Gasteiger partial charge is 0.225 e. The van der Waals surface area contributed by atoms with Gasteiger partial charge in [-0.1, -0.05) is 0 Å². The highest BCUT2D eigenvalue weighted by molar-refractivity contribution is 5.79. The molecular formula is C11H20N2O2. The molecule has 3 unspecified atom stereocenters. The number of carbonyl (C=O) groups excluding carboxylic acids is 1. The molecule has 2 rings (SSSR count). The quantitative estimate of drug-likeness (QED) is 0.699. The van der Waals surface area contributed by atoms with Gasteiger partial charge in [-0.25, -0.2) is 0 Å². The number of ether oxygens (including phenoxy) is 1. The number of rotatable bonds is 3. The average molecular weight is 212 g/mol. The Morgan fingerprint density at radius 3 is 3.00 bits per heavy atom. The van der Waals surface area contributed by atoms with Crippen LogP contribution < -0.4 is 10.6 Å². The fourth-order valence-corrected chi connectivity index (χ4v) is 2.34. The van der Waals surface area contributed by atoms with Crippen molar-refractivity contribution in [3.05, 3.63) is 0 Å². The van der Waals surface area contributed by atoms with Crippen molar-refractivity contribution in [3.63, 3.8) is 0 Å². The number of nitrogens with one attached hydrogen (secondary N) is 2. The second-order valence-electron chi connectivity index (χ2n) is 4.58. The summed E-state index contributed by atoms with van der Waals surface area (Å²) < 4.78 is 5.39. The van der Waals surface area contributed by atoms with Crippen LogP contribution in [0.5, 0.6) is 0 Å². The number of amides is 1. The van der Waals surface area contributed by atoms with E-state index in [1.54, 1.807) is 0 Å². The Balaban J connectivity index is 1.71. The van der Waals surface area contributed by atoms with Gasteiger partial charge in [-0.3, -0.25) is 4.79 Å². The maximum absolute atomic E-state index is 11.8. The molecule has 0 spiro atoms. The summed E-state index contributed by atoms with van der Waals surface area (Å²) in [6, 6.07) is 0. The van der Waals surface area contributed by atoms with Crippen molar-refractivity contribution in [2.45, 2.75) is 25.9 Å². The Morgan fingerprint density at radius 1 is 1.53 bits per heavy atom. The number of hydrogen-bond donors (Lipinski definition) is 2. The lowest BCUT2D eigenvalue weighted by Gasteiger charge is -2.16. The molecule has 3 atom stereocenters. The van der Waals surface area contributed by atoms with Gasteiger partial charge in [0.1, 0.15) is 0 Å². The number of carbonyl (C=O) groups is 1. The Kier molecular flexibility index (Phi) is 3.59. The molecule has 2 N–H and O–H groups in total. The summed E-state index contributed by atoms with van der Waals surface area (Å²) in [4.78, 5) is 11.8. The van der Waals surface area contributed by atoms with E-state index in [1.165, 1.54) is 6.42 Å². The molecule has 0 radical (unpaired) electrons. The summed E-state index contributed by atoms with van der Waals surface area (Å²) in [7, 11) is 0. The zero-order chi connectivity index (χ0) is 10.7. The molecule has 0 aliphatic carbocycles. The minimum absolute atomic E-state index is 0.0689. The van der Waals surface area contributed by atoms with E-state index in [0.717, 1.165) is 32.7 Å². The van der Waals surface area contributed by atoms with Gasteiger partial charge in [0.15, 0.2) is 0 Å². The van der Waals surface area contributed by atoms with Crippen molar-refractivity contribution < 1.29 is 9.53 Å². The average Bonchev–Trinajstić information content (AvgIpc) is 2.84. The zero-order valence-corrected chi connectivity index (χ0v) is 9.29. The van der Waals surface area contributed by atoms with Crippen LogP contribution in [0.2, 0.25) is 0 Å². The largest absolute Gasteiger partial charge is 0.378 e. The van der Waals surface area contributed by atoms with Gasteiger partial charge in [0.2, 0.25) is 5.91 Å². The summed E-state index contributed by atoms with van der Waals surface area (Å²) in [5, 5.41) is 6.34. The van der Waals surface area contributed by atoms with Crippen LogP contribution in [0.1, 0.15) is 19.8 Å². The summed E-state index contributed by atoms with van der Waals surface area (Å²) in [5.74, 6) is 0.859. The predicted molar refractivity (Wildman–Crippen MR) is 57.5 cm³/mol. The Bertz CT molecular complexity index is 227. The normalized spacial score (nSPS) is 35.7. The van der Waals surface area contributed by atoms with Crippen LogP contribution in [0.4, 0.5) is 0 Å². The first-order valence-corrected chi connectivity index (χ1v) is 5.87. The molecule has 2 aliphatic heterocycles. The van der Waals surface area contributed by atoms with Crippen molar-refractivity contribution in [2.24, 2.45) is 11.8 Å². The second-order valence-corrected chi connectivity index (χ2v) is 4.58. The van der Waals surface area contributed by atoms with Crippen molar-refractivity contribution in [1.82, 2.24) is 10.6 Å². The first kappa shape index (κ1) is 10.9. The molecule has 0 saturated carbocycles. The van der Waals surface area contributed by atoms with Crippen LogP contribution >= 0.6 is 0 Å². The van der Waals surface area contributed by atoms with E-state index >= 15 is 0 Å². The SMILES string of the molecule is CC1OCCC1C(=O)NCC1CCNC1. The molecule has 0 aromatic heterocycles. The number of hydrogen-bond acceptors (Lipinski definition) is 3. The predicted octanol–water partition coefficient (Wildman–Crippen LogP) is 0.137. The van der Waals surface area contributed by atoms with Gasteiger partial charge in [-0.15, -0.1) is 0 Å². The standard InChI is InChI=1S/C11H20N2O2/c1-8-10(3-5-15-8)11(14)13-7-9-2-4-12-6-9/h8-10,12H,2-7H2,1H3,(H,13,14). The fraction of sp³-hybridized carbons (Fsp3) is 0.909. The third-order valence-corrected chi connectivity index (χ3v) is 3.44. The molecule has 2 heterocycles. The van der Waals surface area contributed by atoms with E-state index in [9.17, 15) is 4.79 Å². The van der Waals surface area contributed by atoms with Crippen LogP contribution in [0.15, 0.2) is 0 Å². The van der Waals surface area contributed by atoms with Gasteiger partial charge >= 0.3 is 0 Å². The van der Waals surface area contributed by atoms with Gasteiger partial charge < -0.3 is 15.4 Å². The van der Waals surface area contributed by atoms with Gasteiger partial charge in [0, 0.05) is 13.2 Å². The highest BCUT2D eigenvalue weighted by Crippen LogP contribution is 2.20. The van der Waals surface area contributed by atoms with Crippen LogP contribution in [0.3, 0.4) is 0 Å². The molecule has 86 valence electrons. The minimum Gasteiger partial charge on any atom is -0.378 e. The van der Waals surface area contributed by atoms with Gasteiger partial charge in [-0.2, -0.15) is 0 Å².